The number of hydrogen-bond donors (Lipinski definition) is 1. The molecule has 0 aromatic rings. The van der Waals surface area contributed by atoms with Crippen molar-refractivity contribution in [3.63, 3.8) is 0 Å². The number of carbonyl (C=O) groups excluding carboxylic acids is 5. The third kappa shape index (κ3) is 10.2. The van der Waals surface area contributed by atoms with Crippen molar-refractivity contribution in [2.24, 2.45) is 0 Å². The Balaban J connectivity index is 2.07. The van der Waals surface area contributed by atoms with Gasteiger partial charge in [0, 0.05) is 34.6 Å². The normalized spacial score (nSPS) is 33.3. The zero-order valence-corrected chi connectivity index (χ0v) is 26.8. The van der Waals surface area contributed by atoms with E-state index in [0.29, 0.717) is 0 Å². The van der Waals surface area contributed by atoms with Gasteiger partial charge in [-0.3, -0.25) is 29.4 Å². The minimum atomic E-state index is -2.35. The molecule has 3 aliphatic rings. The zero-order valence-electron chi connectivity index (χ0n) is 24.6. The monoisotopic (exact) mass is 707 g/mol. The predicted molar refractivity (Wildman–Crippen MR) is 146 cm³/mol. The number of carbonyl (C=O) groups is 5. The van der Waals surface area contributed by atoms with E-state index in [9.17, 15) is 24.0 Å². The number of nitrogens with one attached hydrogen (secondary N) is 1. The average Bonchev–Trinajstić information content (AvgIpc) is 2.98. The molecule has 0 bridgehead atoms. The number of esters is 5. The number of rotatable bonds is 7. The van der Waals surface area contributed by atoms with Crippen molar-refractivity contribution in [2.75, 3.05) is 20.0 Å². The standard InChI is InChI=1S/C25H32Cl3NO16/c1-9(30)36-7-15-16(38-10(2)31)18(39-11(3)32)20-22(43-15)44-17-14(6-35-8-37-20)42-23(45-24(29)25(26,27)28)21(41-13(5)34)19(17)40-12(4)33/h14-23,29H,6-8H2,1-5H3/t14-,15-,16+,17+,18+,19+,20-,21-,22-,23-/m1/s1. The van der Waals surface area contributed by atoms with Crippen LogP contribution in [0.4, 0.5) is 0 Å². The Bertz CT molecular complexity index is 1130. The lowest BCUT2D eigenvalue weighted by Gasteiger charge is -2.48. The largest absolute Gasteiger partial charge is 0.463 e. The summed E-state index contributed by atoms with van der Waals surface area (Å²) in [4.78, 5) is 60.2. The van der Waals surface area contributed by atoms with Crippen LogP contribution in [-0.2, 0) is 76.1 Å². The topological polar surface area (TPSA) is 211 Å². The van der Waals surface area contributed by atoms with Gasteiger partial charge < -0.3 is 52.1 Å². The van der Waals surface area contributed by atoms with Crippen LogP contribution in [0.25, 0.3) is 0 Å². The molecule has 3 heterocycles. The van der Waals surface area contributed by atoms with E-state index in [1.807, 2.05) is 0 Å². The summed E-state index contributed by atoms with van der Waals surface area (Å²) in [6, 6.07) is 0. The second-order valence-electron chi connectivity index (χ2n) is 9.85. The van der Waals surface area contributed by atoms with Gasteiger partial charge in [-0.1, -0.05) is 34.8 Å². The molecule has 0 radical (unpaired) electrons. The Hall–Kier alpha value is -2.51. The van der Waals surface area contributed by atoms with E-state index < -0.39 is 114 Å². The molecule has 0 spiro atoms. The Labute approximate surface area is 271 Å². The minimum absolute atomic E-state index is 0.335. The molecule has 0 aromatic carbocycles. The van der Waals surface area contributed by atoms with E-state index in [-0.39, 0.29) is 6.61 Å². The maximum atomic E-state index is 12.3. The number of halogens is 3. The fourth-order valence-corrected chi connectivity index (χ4v) is 4.83. The average molecular weight is 709 g/mol. The van der Waals surface area contributed by atoms with E-state index in [2.05, 4.69) is 0 Å². The summed E-state index contributed by atoms with van der Waals surface area (Å²) in [6.07, 6.45) is -14.3. The van der Waals surface area contributed by atoms with Gasteiger partial charge in [-0.05, 0) is 0 Å². The first-order valence-electron chi connectivity index (χ1n) is 13.3. The molecule has 17 nitrogen and oxygen atoms in total. The highest BCUT2D eigenvalue weighted by molar-refractivity contribution is 6.76. The molecule has 1 N–H and O–H groups in total. The van der Waals surface area contributed by atoms with E-state index in [4.69, 9.17) is 92.3 Å². The number of fused-ring (bicyclic) bond motifs is 2. The molecule has 3 aliphatic heterocycles. The van der Waals surface area contributed by atoms with Crippen LogP contribution in [0.3, 0.4) is 0 Å². The van der Waals surface area contributed by atoms with Crippen molar-refractivity contribution in [3.8, 4) is 0 Å². The van der Waals surface area contributed by atoms with Gasteiger partial charge in [0.1, 0.15) is 31.7 Å². The van der Waals surface area contributed by atoms with Gasteiger partial charge >= 0.3 is 29.8 Å². The van der Waals surface area contributed by atoms with Crippen LogP contribution in [-0.4, -0.2) is 121 Å². The van der Waals surface area contributed by atoms with Crippen LogP contribution < -0.4 is 0 Å². The van der Waals surface area contributed by atoms with Crippen LogP contribution in [0, 0.1) is 5.41 Å². The molecular formula is C25H32Cl3NO16. The summed E-state index contributed by atoms with van der Waals surface area (Å²) >= 11 is 17.3. The Morgan fingerprint density at radius 2 is 1.24 bits per heavy atom. The lowest BCUT2D eigenvalue weighted by molar-refractivity contribution is -0.353. The molecule has 0 unspecified atom stereocenters. The molecule has 3 fully saturated rings. The second-order valence-corrected chi connectivity index (χ2v) is 12.1. The summed E-state index contributed by atoms with van der Waals surface area (Å²) in [6.45, 7) is 4.16. The summed E-state index contributed by atoms with van der Waals surface area (Å²) in [7, 11) is 0. The first-order valence-corrected chi connectivity index (χ1v) is 14.4. The third-order valence-corrected chi connectivity index (χ3v) is 6.77. The number of hydrogen-bond acceptors (Lipinski definition) is 17. The summed E-state index contributed by atoms with van der Waals surface area (Å²) in [5.74, 6) is -4.90. The van der Waals surface area contributed by atoms with Gasteiger partial charge in [0.25, 0.3) is 3.79 Å². The molecule has 0 aromatic heterocycles. The van der Waals surface area contributed by atoms with Gasteiger partial charge in [0.2, 0.25) is 18.3 Å². The second kappa shape index (κ2) is 15.9. The molecule has 10 atom stereocenters. The first-order chi connectivity index (χ1) is 21.0. The highest BCUT2D eigenvalue weighted by Crippen LogP contribution is 2.37. The van der Waals surface area contributed by atoms with E-state index in [0.717, 1.165) is 34.6 Å². The lowest BCUT2D eigenvalue weighted by Crippen LogP contribution is -2.66. The molecule has 20 heteroatoms. The zero-order chi connectivity index (χ0) is 33.6. The van der Waals surface area contributed by atoms with Gasteiger partial charge in [-0.15, -0.1) is 0 Å². The lowest BCUT2D eigenvalue weighted by atomic mass is 9.96. The SMILES string of the molecule is CC(=O)OC[C@H]1O[C@@H]2O[C@@H]3[C@H](OC(C)=O)[C@@H](OC(C)=O)[C@@H](OC(=N)C(Cl)(Cl)Cl)O[C@@H]3COCO[C@@H]2[C@@H](OC(C)=O)[C@H]1OC(C)=O. The van der Waals surface area contributed by atoms with Crippen molar-refractivity contribution in [3.05, 3.63) is 0 Å². The van der Waals surface area contributed by atoms with E-state index in [1.54, 1.807) is 0 Å². The van der Waals surface area contributed by atoms with Crippen LogP contribution >= 0.6 is 34.8 Å². The van der Waals surface area contributed by atoms with E-state index >= 15 is 0 Å². The predicted octanol–water partition coefficient (Wildman–Crippen LogP) is 0.848. The maximum absolute atomic E-state index is 12.3. The first kappa shape index (κ1) is 37.0. The molecule has 3 rings (SSSR count). The van der Waals surface area contributed by atoms with Gasteiger partial charge in [-0.2, -0.15) is 0 Å². The fourth-order valence-electron chi connectivity index (χ4n) is 4.70. The van der Waals surface area contributed by atoms with Crippen molar-refractivity contribution in [1.29, 1.82) is 5.41 Å². The smallest absolute Gasteiger partial charge is 0.303 e. The van der Waals surface area contributed by atoms with Gasteiger partial charge in [0.15, 0.2) is 30.7 Å². The highest BCUT2D eigenvalue weighted by atomic mass is 35.6. The highest BCUT2D eigenvalue weighted by Gasteiger charge is 2.58. The maximum Gasteiger partial charge on any atom is 0.303 e. The van der Waals surface area contributed by atoms with Crippen molar-refractivity contribution >= 4 is 70.5 Å². The third-order valence-electron chi connectivity index (χ3n) is 6.25. The van der Waals surface area contributed by atoms with Crippen molar-refractivity contribution < 1.29 is 76.1 Å². The Kier molecular flexibility index (Phi) is 13.0. The van der Waals surface area contributed by atoms with Crippen LogP contribution in [0.1, 0.15) is 34.6 Å². The van der Waals surface area contributed by atoms with Crippen molar-refractivity contribution in [1.82, 2.24) is 0 Å². The Morgan fingerprint density at radius 1 is 0.711 bits per heavy atom. The molecular weight excluding hydrogens is 677 g/mol. The van der Waals surface area contributed by atoms with Crippen LogP contribution in [0.5, 0.6) is 0 Å². The molecule has 0 amide bonds. The van der Waals surface area contributed by atoms with Gasteiger partial charge in [-0.25, -0.2) is 0 Å². The fraction of sp³-hybridized carbons (Fsp3) is 0.760. The molecule has 0 saturated carbocycles. The van der Waals surface area contributed by atoms with Crippen molar-refractivity contribution in [2.45, 2.75) is 99.8 Å². The summed E-state index contributed by atoms with van der Waals surface area (Å²) < 4.78 is 59.5. The molecule has 45 heavy (non-hydrogen) atoms. The van der Waals surface area contributed by atoms with Crippen LogP contribution in [0.2, 0.25) is 0 Å². The summed E-state index contributed by atoms with van der Waals surface area (Å²) in [5, 5.41) is 8.00. The molecule has 0 aliphatic carbocycles. The van der Waals surface area contributed by atoms with E-state index in [1.165, 1.54) is 0 Å². The molecule has 3 saturated heterocycles. The number of alkyl halides is 3. The molecule has 254 valence electrons. The number of ether oxygens (including phenoxy) is 11. The minimum Gasteiger partial charge on any atom is -0.463 e. The summed E-state index contributed by atoms with van der Waals surface area (Å²) in [5.41, 5.74) is 0. The quantitative estimate of drug-likeness (QED) is 0.128. The van der Waals surface area contributed by atoms with Gasteiger partial charge in [0.05, 0.1) is 6.61 Å². The van der Waals surface area contributed by atoms with Crippen LogP contribution in [0.15, 0.2) is 0 Å². The Morgan fingerprint density at radius 3 is 1.78 bits per heavy atom.